The van der Waals surface area contributed by atoms with Crippen LogP contribution in [0.25, 0.3) is 0 Å². The lowest BCUT2D eigenvalue weighted by Crippen LogP contribution is -2.20. The maximum atomic E-state index is 15.1. The van der Waals surface area contributed by atoms with Gasteiger partial charge in [-0.1, -0.05) is 0 Å². The van der Waals surface area contributed by atoms with E-state index in [0.29, 0.717) is 12.1 Å². The first kappa shape index (κ1) is 28.0. The van der Waals surface area contributed by atoms with Crippen molar-refractivity contribution in [3.63, 3.8) is 0 Å². The number of carbonyl (C=O) groups excluding carboxylic acids is 2. The molecule has 15 heteroatoms. The second-order valence-electron chi connectivity index (χ2n) is 7.46. The number of ether oxygens (including phenoxy) is 3. The summed E-state index contributed by atoms with van der Waals surface area (Å²) < 4.78 is 107. The maximum Gasteiger partial charge on any atom is 0.573 e. The average Bonchev–Trinajstić information content (AvgIpc) is 2.79. The van der Waals surface area contributed by atoms with Gasteiger partial charge in [0.1, 0.15) is 22.8 Å². The Hall–Kier alpha value is -4.56. The smallest absolute Gasteiger partial charge is 0.493 e. The van der Waals surface area contributed by atoms with Crippen LogP contribution in [-0.2, 0) is 6.18 Å². The predicted molar refractivity (Wildman–Crippen MR) is 117 cm³/mol. The van der Waals surface area contributed by atoms with E-state index in [1.165, 1.54) is 6.92 Å². The minimum absolute atomic E-state index is 0.118. The molecule has 3 N–H and O–H groups in total. The van der Waals surface area contributed by atoms with Gasteiger partial charge in [-0.2, -0.15) is 13.2 Å². The van der Waals surface area contributed by atoms with Gasteiger partial charge in [-0.25, -0.2) is 4.39 Å². The zero-order chi connectivity index (χ0) is 28.4. The van der Waals surface area contributed by atoms with E-state index in [1.807, 2.05) is 0 Å². The normalized spacial score (nSPS) is 11.6. The number of anilines is 1. The second-order valence-corrected chi connectivity index (χ2v) is 7.46. The van der Waals surface area contributed by atoms with Crippen molar-refractivity contribution in [2.75, 3.05) is 12.4 Å². The number of rotatable bonds is 7. The number of nitrogens with zero attached hydrogens (tertiary/aromatic N) is 1. The van der Waals surface area contributed by atoms with Gasteiger partial charge in [-0.05, 0) is 42.8 Å². The predicted octanol–water partition coefficient (Wildman–Crippen LogP) is 5.60. The Morgan fingerprint density at radius 1 is 0.974 bits per heavy atom. The fourth-order valence-corrected chi connectivity index (χ4v) is 3.10. The van der Waals surface area contributed by atoms with E-state index in [9.17, 15) is 35.9 Å². The molecule has 0 bridgehead atoms. The standard InChI is InChI=1S/C23H16F7N3O5/c1-10-9-32-14(20(31)34)8-13(10)33-21(35)18-16(6-4-12(19(18)24)22(25,26)27)37-15-5-3-11(7-17(15)36-2)38-23(28,29)30/h3-9H,1-2H3,(H2,31,34)(H,32,33,35). The van der Waals surface area contributed by atoms with Gasteiger partial charge in [0.2, 0.25) is 0 Å². The molecular weight excluding hydrogens is 531 g/mol. The van der Waals surface area contributed by atoms with Crippen molar-refractivity contribution in [1.29, 1.82) is 0 Å². The minimum atomic E-state index is -5.20. The van der Waals surface area contributed by atoms with Crippen molar-refractivity contribution in [1.82, 2.24) is 4.98 Å². The number of hydrogen-bond donors (Lipinski definition) is 2. The summed E-state index contributed by atoms with van der Waals surface area (Å²) in [6, 6.07) is 4.46. The van der Waals surface area contributed by atoms with Crippen LogP contribution in [0.1, 0.15) is 32.0 Å². The topological polar surface area (TPSA) is 113 Å². The van der Waals surface area contributed by atoms with E-state index in [0.717, 1.165) is 37.6 Å². The number of carbonyl (C=O) groups is 2. The van der Waals surface area contributed by atoms with E-state index >= 15 is 4.39 Å². The molecule has 0 saturated heterocycles. The third kappa shape index (κ3) is 6.41. The van der Waals surface area contributed by atoms with Crippen LogP contribution in [0.2, 0.25) is 0 Å². The highest BCUT2D eigenvalue weighted by Crippen LogP contribution is 2.41. The van der Waals surface area contributed by atoms with Crippen LogP contribution in [-0.4, -0.2) is 30.3 Å². The van der Waals surface area contributed by atoms with Crippen LogP contribution in [0.3, 0.4) is 0 Å². The van der Waals surface area contributed by atoms with E-state index in [1.54, 1.807) is 0 Å². The van der Waals surface area contributed by atoms with Gasteiger partial charge in [0.05, 0.1) is 12.7 Å². The molecule has 3 rings (SSSR count). The van der Waals surface area contributed by atoms with Gasteiger partial charge >= 0.3 is 12.5 Å². The molecule has 1 heterocycles. The Labute approximate surface area is 209 Å². The fraction of sp³-hybridized carbons (Fsp3) is 0.174. The number of hydrogen-bond acceptors (Lipinski definition) is 6. The summed E-state index contributed by atoms with van der Waals surface area (Å²) in [7, 11) is 1.04. The number of aromatic nitrogens is 1. The quantitative estimate of drug-likeness (QED) is 0.373. The molecule has 202 valence electrons. The van der Waals surface area contributed by atoms with Crippen LogP contribution >= 0.6 is 0 Å². The molecule has 0 aliphatic heterocycles. The molecule has 0 saturated carbocycles. The third-order valence-electron chi connectivity index (χ3n) is 4.83. The summed E-state index contributed by atoms with van der Waals surface area (Å²) >= 11 is 0. The van der Waals surface area contributed by atoms with Crippen LogP contribution in [0.15, 0.2) is 42.6 Å². The average molecular weight is 547 g/mol. The van der Waals surface area contributed by atoms with E-state index in [4.69, 9.17) is 15.2 Å². The summed E-state index contributed by atoms with van der Waals surface area (Å²) in [5, 5.41) is 2.18. The lowest BCUT2D eigenvalue weighted by Gasteiger charge is -2.18. The molecule has 0 atom stereocenters. The number of nitrogens with one attached hydrogen (secondary N) is 1. The minimum Gasteiger partial charge on any atom is -0.493 e. The molecule has 0 aliphatic carbocycles. The Bertz CT molecular complexity index is 1390. The van der Waals surface area contributed by atoms with Crippen LogP contribution in [0.4, 0.5) is 36.4 Å². The highest BCUT2D eigenvalue weighted by molar-refractivity contribution is 6.07. The Morgan fingerprint density at radius 2 is 1.63 bits per heavy atom. The number of halogens is 7. The molecule has 0 spiro atoms. The monoisotopic (exact) mass is 547 g/mol. The molecule has 0 fully saturated rings. The number of primary amides is 1. The van der Waals surface area contributed by atoms with Gasteiger partial charge in [0, 0.05) is 18.0 Å². The van der Waals surface area contributed by atoms with Crippen molar-refractivity contribution in [3.05, 3.63) is 70.8 Å². The number of pyridine rings is 1. The molecule has 0 aliphatic rings. The van der Waals surface area contributed by atoms with Crippen molar-refractivity contribution < 1.29 is 54.5 Å². The first-order chi connectivity index (χ1) is 17.6. The first-order valence-corrected chi connectivity index (χ1v) is 10.2. The summed E-state index contributed by atoms with van der Waals surface area (Å²) in [6.45, 7) is 1.43. The molecular formula is C23H16F7N3O5. The largest absolute Gasteiger partial charge is 0.573 e. The number of benzene rings is 2. The number of nitrogens with two attached hydrogens (primary N) is 1. The summed E-state index contributed by atoms with van der Waals surface area (Å²) in [4.78, 5) is 28.2. The van der Waals surface area contributed by atoms with Crippen molar-refractivity contribution in [2.45, 2.75) is 19.5 Å². The molecule has 8 nitrogen and oxygen atoms in total. The Balaban J connectivity index is 2.08. The van der Waals surface area contributed by atoms with Gasteiger partial charge in [-0.15, -0.1) is 13.2 Å². The number of amides is 2. The van der Waals surface area contributed by atoms with Gasteiger partial charge in [0.25, 0.3) is 11.8 Å². The van der Waals surface area contributed by atoms with Gasteiger partial charge in [0.15, 0.2) is 17.3 Å². The summed E-state index contributed by atoms with van der Waals surface area (Å²) in [5.74, 6) is -6.59. The van der Waals surface area contributed by atoms with Gasteiger partial charge in [-0.3, -0.25) is 14.6 Å². The summed E-state index contributed by atoms with van der Waals surface area (Å²) in [5.41, 5.74) is 1.99. The molecule has 1 aromatic heterocycles. The zero-order valence-electron chi connectivity index (χ0n) is 19.3. The fourth-order valence-electron chi connectivity index (χ4n) is 3.10. The zero-order valence-corrected chi connectivity index (χ0v) is 19.3. The molecule has 0 radical (unpaired) electrons. The Kier molecular flexibility index (Phi) is 7.69. The van der Waals surface area contributed by atoms with E-state index in [-0.39, 0.29) is 28.4 Å². The second kappa shape index (κ2) is 10.4. The SMILES string of the molecule is COc1cc(OC(F)(F)F)ccc1Oc1ccc(C(F)(F)F)c(F)c1C(=O)Nc1cc(C(N)=O)ncc1C. The van der Waals surface area contributed by atoms with E-state index < -0.39 is 52.8 Å². The van der Waals surface area contributed by atoms with Crippen LogP contribution < -0.4 is 25.3 Å². The van der Waals surface area contributed by atoms with Gasteiger partial charge < -0.3 is 25.3 Å². The number of aryl methyl sites for hydroxylation is 1. The first-order valence-electron chi connectivity index (χ1n) is 10.2. The van der Waals surface area contributed by atoms with Crippen LogP contribution in [0.5, 0.6) is 23.0 Å². The molecule has 0 unspecified atom stereocenters. The van der Waals surface area contributed by atoms with Crippen LogP contribution in [0, 0.1) is 12.7 Å². The molecule has 3 aromatic rings. The maximum absolute atomic E-state index is 15.1. The van der Waals surface area contributed by atoms with Crippen molar-refractivity contribution in [2.24, 2.45) is 5.73 Å². The molecule has 2 aromatic carbocycles. The van der Waals surface area contributed by atoms with Crippen molar-refractivity contribution in [3.8, 4) is 23.0 Å². The number of methoxy groups -OCH3 is 1. The number of alkyl halides is 6. The highest BCUT2D eigenvalue weighted by Gasteiger charge is 2.38. The van der Waals surface area contributed by atoms with E-state index in [2.05, 4.69) is 15.0 Å². The highest BCUT2D eigenvalue weighted by atomic mass is 19.4. The summed E-state index contributed by atoms with van der Waals surface area (Å²) in [6.07, 6.45) is -9.09. The molecule has 38 heavy (non-hydrogen) atoms. The molecule has 2 amide bonds. The van der Waals surface area contributed by atoms with Crippen molar-refractivity contribution >= 4 is 17.5 Å². The lowest BCUT2D eigenvalue weighted by molar-refractivity contribution is -0.274. The third-order valence-corrected chi connectivity index (χ3v) is 4.83. The lowest BCUT2D eigenvalue weighted by atomic mass is 10.1. The Morgan fingerprint density at radius 3 is 2.21 bits per heavy atom.